The van der Waals surface area contributed by atoms with E-state index in [1.54, 1.807) is 0 Å². The lowest BCUT2D eigenvalue weighted by molar-refractivity contribution is -0.128. The number of benzene rings is 2. The predicted octanol–water partition coefficient (Wildman–Crippen LogP) is 4.38. The number of hydrogen-bond donors (Lipinski definition) is 1. The normalized spacial score (nSPS) is 11.8. The van der Waals surface area contributed by atoms with Gasteiger partial charge in [0.15, 0.2) is 6.10 Å². The van der Waals surface area contributed by atoms with Crippen molar-refractivity contribution in [2.45, 2.75) is 52.2 Å². The highest BCUT2D eigenvalue weighted by molar-refractivity contribution is 5.81. The van der Waals surface area contributed by atoms with E-state index < -0.39 is 6.10 Å². The van der Waals surface area contributed by atoms with Crippen LogP contribution >= 0.6 is 0 Å². The zero-order valence-corrected chi connectivity index (χ0v) is 15.9. The molecule has 0 bridgehead atoms. The highest BCUT2D eigenvalue weighted by Gasteiger charge is 2.17. The number of aryl methyl sites for hydroxylation is 1. The van der Waals surface area contributed by atoms with Crippen molar-refractivity contribution in [1.82, 2.24) is 5.32 Å². The number of ether oxygens (including phenoxy) is 2. The monoisotopic (exact) mass is 355 g/mol. The van der Waals surface area contributed by atoms with Crippen LogP contribution in [0.2, 0.25) is 0 Å². The van der Waals surface area contributed by atoms with Gasteiger partial charge in [0.05, 0.1) is 6.10 Å². The summed E-state index contributed by atoms with van der Waals surface area (Å²) in [4.78, 5) is 12.3. The van der Waals surface area contributed by atoms with Gasteiger partial charge >= 0.3 is 0 Å². The van der Waals surface area contributed by atoms with E-state index in [-0.39, 0.29) is 12.0 Å². The Morgan fingerprint density at radius 3 is 2.42 bits per heavy atom. The third-order valence-corrected chi connectivity index (χ3v) is 3.90. The molecule has 1 N–H and O–H groups in total. The Morgan fingerprint density at radius 2 is 1.73 bits per heavy atom. The highest BCUT2D eigenvalue weighted by Crippen LogP contribution is 2.16. The highest BCUT2D eigenvalue weighted by atomic mass is 16.5. The van der Waals surface area contributed by atoms with Gasteiger partial charge in [-0.05, 0) is 62.9 Å². The van der Waals surface area contributed by atoms with Crippen LogP contribution in [0.1, 0.15) is 39.2 Å². The van der Waals surface area contributed by atoms with Crippen LogP contribution in [0.25, 0.3) is 0 Å². The number of amides is 1. The summed E-state index contributed by atoms with van der Waals surface area (Å²) in [7, 11) is 0. The molecular weight excluding hydrogens is 326 g/mol. The van der Waals surface area contributed by atoms with Crippen molar-refractivity contribution in [3.8, 4) is 11.5 Å². The fraction of sp³-hybridized carbons (Fsp3) is 0.409. The van der Waals surface area contributed by atoms with E-state index in [0.29, 0.717) is 13.0 Å². The molecule has 0 saturated heterocycles. The lowest BCUT2D eigenvalue weighted by atomic mass is 10.1. The Hall–Kier alpha value is -2.49. The fourth-order valence-electron chi connectivity index (χ4n) is 2.65. The van der Waals surface area contributed by atoms with Gasteiger partial charge in [-0.1, -0.05) is 37.3 Å². The summed E-state index contributed by atoms with van der Waals surface area (Å²) in [5.41, 5.74) is 1.21. The van der Waals surface area contributed by atoms with Crippen LogP contribution in [0.5, 0.6) is 11.5 Å². The summed E-state index contributed by atoms with van der Waals surface area (Å²) in [6.45, 7) is 6.61. The molecule has 4 nitrogen and oxygen atoms in total. The van der Waals surface area contributed by atoms with E-state index in [0.717, 1.165) is 24.3 Å². The lowest BCUT2D eigenvalue weighted by Crippen LogP contribution is -2.38. The van der Waals surface area contributed by atoms with Crippen molar-refractivity contribution in [3.63, 3.8) is 0 Å². The first kappa shape index (κ1) is 19.8. The average Bonchev–Trinajstić information content (AvgIpc) is 2.63. The van der Waals surface area contributed by atoms with Crippen molar-refractivity contribution in [1.29, 1.82) is 0 Å². The van der Waals surface area contributed by atoms with E-state index in [4.69, 9.17) is 9.47 Å². The molecule has 1 amide bonds. The maximum Gasteiger partial charge on any atom is 0.261 e. The number of hydrogen-bond acceptors (Lipinski definition) is 3. The second kappa shape index (κ2) is 10.5. The summed E-state index contributed by atoms with van der Waals surface area (Å²) in [5.74, 6) is 1.55. The minimum Gasteiger partial charge on any atom is -0.491 e. The molecule has 1 unspecified atom stereocenters. The van der Waals surface area contributed by atoms with Gasteiger partial charge in [-0.2, -0.15) is 0 Å². The zero-order chi connectivity index (χ0) is 18.8. The zero-order valence-electron chi connectivity index (χ0n) is 15.9. The Labute approximate surface area is 156 Å². The molecule has 2 rings (SSSR count). The number of para-hydroxylation sites is 1. The summed E-state index contributed by atoms with van der Waals surface area (Å²) in [6.07, 6.45) is 2.11. The number of rotatable bonds is 10. The molecular formula is C22H29NO3. The Balaban J connectivity index is 1.75. The van der Waals surface area contributed by atoms with Gasteiger partial charge < -0.3 is 14.8 Å². The molecule has 0 radical (unpaired) electrons. The van der Waals surface area contributed by atoms with Crippen LogP contribution in [-0.2, 0) is 11.2 Å². The van der Waals surface area contributed by atoms with Gasteiger partial charge in [-0.25, -0.2) is 0 Å². The predicted molar refractivity (Wildman–Crippen MR) is 105 cm³/mol. The van der Waals surface area contributed by atoms with Gasteiger partial charge in [0.25, 0.3) is 5.91 Å². The molecule has 0 saturated carbocycles. The molecule has 0 aromatic heterocycles. The van der Waals surface area contributed by atoms with Gasteiger partial charge in [-0.15, -0.1) is 0 Å². The van der Waals surface area contributed by atoms with Gasteiger partial charge in [0, 0.05) is 6.54 Å². The van der Waals surface area contributed by atoms with Gasteiger partial charge in [0.2, 0.25) is 0 Å². The molecule has 0 fully saturated rings. The van der Waals surface area contributed by atoms with E-state index in [1.807, 2.05) is 63.2 Å². The topological polar surface area (TPSA) is 47.6 Å². The molecule has 0 spiro atoms. The molecule has 0 heterocycles. The van der Waals surface area contributed by atoms with Crippen molar-refractivity contribution < 1.29 is 14.3 Å². The summed E-state index contributed by atoms with van der Waals surface area (Å²) < 4.78 is 11.5. The molecule has 2 aromatic carbocycles. The minimum absolute atomic E-state index is 0.0618. The maximum atomic E-state index is 12.3. The molecule has 0 aliphatic heterocycles. The first-order valence-electron chi connectivity index (χ1n) is 9.33. The van der Waals surface area contributed by atoms with Crippen molar-refractivity contribution in [3.05, 3.63) is 60.2 Å². The number of carbonyl (C=O) groups excluding carboxylic acids is 1. The lowest BCUT2D eigenvalue weighted by Gasteiger charge is -2.17. The summed E-state index contributed by atoms with van der Waals surface area (Å²) in [6, 6.07) is 17.6. The SMILES string of the molecule is CCC(Oc1ccccc1)C(=O)NCCCc1cccc(OC(C)C)c1. The van der Waals surface area contributed by atoms with E-state index in [1.165, 1.54) is 5.56 Å². The average molecular weight is 355 g/mol. The molecule has 4 heteroatoms. The van der Waals surface area contributed by atoms with Crippen molar-refractivity contribution in [2.75, 3.05) is 6.54 Å². The van der Waals surface area contributed by atoms with Crippen LogP contribution in [0.4, 0.5) is 0 Å². The molecule has 1 atom stereocenters. The van der Waals surface area contributed by atoms with Crippen LogP contribution in [0, 0.1) is 0 Å². The summed E-state index contributed by atoms with van der Waals surface area (Å²) in [5, 5.41) is 2.98. The van der Waals surface area contributed by atoms with Crippen LogP contribution in [0.3, 0.4) is 0 Å². The van der Waals surface area contributed by atoms with Crippen LogP contribution in [-0.4, -0.2) is 24.7 Å². The smallest absolute Gasteiger partial charge is 0.261 e. The molecule has 140 valence electrons. The van der Waals surface area contributed by atoms with Crippen LogP contribution in [0.15, 0.2) is 54.6 Å². The second-order valence-corrected chi connectivity index (χ2v) is 6.54. The first-order valence-corrected chi connectivity index (χ1v) is 9.33. The van der Waals surface area contributed by atoms with Gasteiger partial charge in [0.1, 0.15) is 11.5 Å². The van der Waals surface area contributed by atoms with Crippen molar-refractivity contribution >= 4 is 5.91 Å². The van der Waals surface area contributed by atoms with Crippen molar-refractivity contribution in [2.24, 2.45) is 0 Å². The second-order valence-electron chi connectivity index (χ2n) is 6.54. The number of nitrogens with one attached hydrogen (secondary N) is 1. The molecule has 0 aliphatic rings. The first-order chi connectivity index (χ1) is 12.6. The van der Waals surface area contributed by atoms with Gasteiger partial charge in [-0.3, -0.25) is 4.79 Å². The molecule has 26 heavy (non-hydrogen) atoms. The minimum atomic E-state index is -0.458. The number of carbonyl (C=O) groups is 1. The van der Waals surface area contributed by atoms with E-state index in [9.17, 15) is 4.79 Å². The quantitative estimate of drug-likeness (QED) is 0.643. The Morgan fingerprint density at radius 1 is 1.00 bits per heavy atom. The standard InChI is InChI=1S/C22H29NO3/c1-4-21(26-19-12-6-5-7-13-19)22(24)23-15-9-11-18-10-8-14-20(16-18)25-17(2)3/h5-8,10,12-14,16-17,21H,4,9,11,15H2,1-3H3,(H,23,24). The third-order valence-electron chi connectivity index (χ3n) is 3.90. The maximum absolute atomic E-state index is 12.3. The van der Waals surface area contributed by atoms with E-state index >= 15 is 0 Å². The fourth-order valence-corrected chi connectivity index (χ4v) is 2.65. The summed E-state index contributed by atoms with van der Waals surface area (Å²) >= 11 is 0. The van der Waals surface area contributed by atoms with Crippen LogP contribution < -0.4 is 14.8 Å². The van der Waals surface area contributed by atoms with E-state index in [2.05, 4.69) is 17.4 Å². The third kappa shape index (κ3) is 6.79. The largest absolute Gasteiger partial charge is 0.491 e. The Bertz CT molecular complexity index is 670. The Kier molecular flexibility index (Phi) is 8.00. The molecule has 0 aliphatic carbocycles. The molecule has 2 aromatic rings.